The second-order valence-corrected chi connectivity index (χ2v) is 12.1. The molecular formula is C29H46O. The van der Waals surface area contributed by atoms with E-state index in [0.717, 1.165) is 48.9 Å². The standard InChI is InChI=1S/C29H46O/c1-7-21(19(2)3)9-8-20(4)25-12-13-26-24-11-10-22-18-23(30)14-16-28(22,5)27(24)15-17-29(25,26)6/h10-11,15,19-21,23,25-26,30H,7-9,12-14,16-18H2,1-6H3. The first kappa shape index (κ1) is 22.4. The minimum absolute atomic E-state index is 0.136. The van der Waals surface area contributed by atoms with Gasteiger partial charge in [-0.15, -0.1) is 0 Å². The summed E-state index contributed by atoms with van der Waals surface area (Å²) in [6.07, 6.45) is 18.5. The van der Waals surface area contributed by atoms with E-state index < -0.39 is 0 Å². The highest BCUT2D eigenvalue weighted by molar-refractivity contribution is 5.53. The molecule has 0 aromatic carbocycles. The van der Waals surface area contributed by atoms with E-state index in [2.05, 4.69) is 59.8 Å². The molecule has 1 N–H and O–H groups in total. The summed E-state index contributed by atoms with van der Waals surface area (Å²) in [4.78, 5) is 0. The van der Waals surface area contributed by atoms with Gasteiger partial charge < -0.3 is 5.11 Å². The Balaban J connectivity index is 1.54. The third-order valence-corrected chi connectivity index (χ3v) is 10.2. The number of aliphatic hydroxyl groups is 1. The highest BCUT2D eigenvalue weighted by Crippen LogP contribution is 2.64. The maximum atomic E-state index is 10.2. The summed E-state index contributed by atoms with van der Waals surface area (Å²) in [6.45, 7) is 14.8. The van der Waals surface area contributed by atoms with Crippen LogP contribution in [-0.2, 0) is 0 Å². The Hall–Kier alpha value is -0.820. The van der Waals surface area contributed by atoms with Gasteiger partial charge in [-0.1, -0.05) is 78.2 Å². The Kier molecular flexibility index (Phi) is 6.17. The fraction of sp³-hybridized carbons (Fsp3) is 0.793. The quantitative estimate of drug-likeness (QED) is 0.472. The third kappa shape index (κ3) is 3.58. The van der Waals surface area contributed by atoms with Crippen molar-refractivity contribution in [1.82, 2.24) is 0 Å². The molecule has 4 rings (SSSR count). The molecule has 2 fully saturated rings. The zero-order chi connectivity index (χ0) is 21.7. The maximum absolute atomic E-state index is 10.2. The predicted molar refractivity (Wildman–Crippen MR) is 128 cm³/mol. The lowest BCUT2D eigenvalue weighted by atomic mass is 9.54. The van der Waals surface area contributed by atoms with Gasteiger partial charge in [0.2, 0.25) is 0 Å². The summed E-state index contributed by atoms with van der Waals surface area (Å²) in [5, 5.41) is 10.2. The first-order chi connectivity index (χ1) is 14.2. The van der Waals surface area contributed by atoms with Crippen LogP contribution in [0.5, 0.6) is 0 Å². The van der Waals surface area contributed by atoms with Crippen molar-refractivity contribution in [2.45, 2.75) is 105 Å². The zero-order valence-corrected chi connectivity index (χ0v) is 20.5. The van der Waals surface area contributed by atoms with E-state index in [1.165, 1.54) is 44.1 Å². The van der Waals surface area contributed by atoms with Crippen LogP contribution in [0.2, 0.25) is 0 Å². The average Bonchev–Trinajstić information content (AvgIpc) is 3.06. The van der Waals surface area contributed by atoms with Crippen LogP contribution in [0.1, 0.15) is 99.3 Å². The van der Waals surface area contributed by atoms with E-state index in [0.29, 0.717) is 5.41 Å². The molecule has 7 unspecified atom stereocenters. The van der Waals surface area contributed by atoms with Gasteiger partial charge in [0.25, 0.3) is 0 Å². The van der Waals surface area contributed by atoms with Gasteiger partial charge in [0.1, 0.15) is 0 Å². The maximum Gasteiger partial charge on any atom is 0.0578 e. The van der Waals surface area contributed by atoms with E-state index >= 15 is 0 Å². The molecule has 0 amide bonds. The summed E-state index contributed by atoms with van der Waals surface area (Å²) in [7, 11) is 0. The van der Waals surface area contributed by atoms with Crippen LogP contribution in [0.4, 0.5) is 0 Å². The summed E-state index contributed by atoms with van der Waals surface area (Å²) < 4.78 is 0. The molecular weight excluding hydrogens is 364 g/mol. The Morgan fingerprint density at radius 3 is 2.53 bits per heavy atom. The molecule has 1 nitrogen and oxygen atoms in total. The largest absolute Gasteiger partial charge is 0.393 e. The summed E-state index contributed by atoms with van der Waals surface area (Å²) >= 11 is 0. The molecule has 0 radical (unpaired) electrons. The molecule has 0 bridgehead atoms. The molecule has 0 heterocycles. The average molecular weight is 411 g/mol. The lowest BCUT2D eigenvalue weighted by Crippen LogP contribution is -2.41. The fourth-order valence-corrected chi connectivity index (χ4v) is 8.01. The van der Waals surface area contributed by atoms with Gasteiger partial charge in [-0.2, -0.15) is 0 Å². The predicted octanol–water partition coefficient (Wildman–Crippen LogP) is 7.87. The molecule has 168 valence electrons. The summed E-state index contributed by atoms with van der Waals surface area (Å²) in [5.41, 5.74) is 5.38. The molecule has 0 aromatic heterocycles. The first-order valence-electron chi connectivity index (χ1n) is 13.0. The van der Waals surface area contributed by atoms with Crippen molar-refractivity contribution in [3.63, 3.8) is 0 Å². The number of hydrogen-bond donors (Lipinski definition) is 1. The van der Waals surface area contributed by atoms with Crippen molar-refractivity contribution >= 4 is 0 Å². The van der Waals surface area contributed by atoms with E-state index in [9.17, 15) is 5.11 Å². The monoisotopic (exact) mass is 410 g/mol. The van der Waals surface area contributed by atoms with Crippen molar-refractivity contribution < 1.29 is 5.11 Å². The van der Waals surface area contributed by atoms with Gasteiger partial charge in [-0.3, -0.25) is 0 Å². The topological polar surface area (TPSA) is 20.2 Å². The van der Waals surface area contributed by atoms with Crippen molar-refractivity contribution in [2.24, 2.45) is 40.4 Å². The smallest absolute Gasteiger partial charge is 0.0578 e. The minimum atomic E-state index is -0.136. The summed E-state index contributed by atoms with van der Waals surface area (Å²) in [6, 6.07) is 0. The zero-order valence-electron chi connectivity index (χ0n) is 20.5. The molecule has 0 saturated heterocycles. The first-order valence-corrected chi connectivity index (χ1v) is 13.0. The van der Waals surface area contributed by atoms with Gasteiger partial charge in [-0.25, -0.2) is 0 Å². The minimum Gasteiger partial charge on any atom is -0.393 e. The highest BCUT2D eigenvalue weighted by Gasteiger charge is 2.54. The number of fused-ring (bicyclic) bond motifs is 5. The Morgan fingerprint density at radius 2 is 1.83 bits per heavy atom. The van der Waals surface area contributed by atoms with Gasteiger partial charge in [0.05, 0.1) is 6.10 Å². The SMILES string of the molecule is CCC(CCC(C)C1CCC2C3=CC=C4CC(O)CCC4(C)C3=CCC21C)C(C)C. The molecule has 30 heavy (non-hydrogen) atoms. The number of rotatable bonds is 6. The van der Waals surface area contributed by atoms with Gasteiger partial charge >= 0.3 is 0 Å². The molecule has 0 aromatic rings. The number of allylic oxidation sites excluding steroid dienone is 5. The fourth-order valence-electron chi connectivity index (χ4n) is 8.01. The molecule has 0 aliphatic heterocycles. The van der Waals surface area contributed by atoms with E-state index in [-0.39, 0.29) is 11.5 Å². The van der Waals surface area contributed by atoms with Gasteiger partial charge in [-0.05, 0) is 91.1 Å². The Bertz CT molecular complexity index is 739. The molecule has 4 aliphatic rings. The Labute approximate surface area is 186 Å². The Morgan fingerprint density at radius 1 is 1.07 bits per heavy atom. The van der Waals surface area contributed by atoms with Crippen LogP contribution in [0.15, 0.2) is 34.9 Å². The van der Waals surface area contributed by atoms with Gasteiger partial charge in [0.15, 0.2) is 0 Å². The number of hydrogen-bond acceptors (Lipinski definition) is 1. The van der Waals surface area contributed by atoms with Crippen molar-refractivity contribution in [3.8, 4) is 0 Å². The van der Waals surface area contributed by atoms with Crippen LogP contribution in [0.25, 0.3) is 0 Å². The molecule has 2 saturated carbocycles. The summed E-state index contributed by atoms with van der Waals surface area (Å²) in [5.74, 6) is 4.13. The normalized spacial score (nSPS) is 40.0. The highest BCUT2D eigenvalue weighted by atomic mass is 16.3. The number of aliphatic hydroxyl groups excluding tert-OH is 1. The van der Waals surface area contributed by atoms with Crippen molar-refractivity contribution in [2.75, 3.05) is 0 Å². The van der Waals surface area contributed by atoms with Gasteiger partial charge in [0, 0.05) is 5.41 Å². The lowest BCUT2D eigenvalue weighted by Gasteiger charge is -2.50. The van der Waals surface area contributed by atoms with Crippen LogP contribution in [0, 0.1) is 40.4 Å². The van der Waals surface area contributed by atoms with E-state index in [4.69, 9.17) is 0 Å². The lowest BCUT2D eigenvalue weighted by molar-refractivity contribution is 0.105. The van der Waals surface area contributed by atoms with Crippen LogP contribution in [-0.4, -0.2) is 11.2 Å². The molecule has 7 atom stereocenters. The van der Waals surface area contributed by atoms with E-state index in [1.807, 2.05) is 0 Å². The van der Waals surface area contributed by atoms with E-state index in [1.54, 1.807) is 11.1 Å². The van der Waals surface area contributed by atoms with Crippen LogP contribution in [0.3, 0.4) is 0 Å². The second-order valence-electron chi connectivity index (χ2n) is 12.1. The second kappa shape index (κ2) is 8.27. The molecule has 0 spiro atoms. The molecule has 4 aliphatic carbocycles. The van der Waals surface area contributed by atoms with Crippen LogP contribution >= 0.6 is 0 Å². The van der Waals surface area contributed by atoms with Crippen LogP contribution < -0.4 is 0 Å². The molecule has 1 heteroatoms. The third-order valence-electron chi connectivity index (χ3n) is 10.2. The van der Waals surface area contributed by atoms with Crippen molar-refractivity contribution in [3.05, 3.63) is 34.9 Å². The van der Waals surface area contributed by atoms with Crippen molar-refractivity contribution in [1.29, 1.82) is 0 Å².